The summed E-state index contributed by atoms with van der Waals surface area (Å²) in [6, 6.07) is 6.86. The third-order valence-corrected chi connectivity index (χ3v) is 4.34. The van der Waals surface area contributed by atoms with Gasteiger partial charge in [0.2, 0.25) is 5.91 Å². The lowest BCUT2D eigenvalue weighted by molar-refractivity contribution is -0.121. The molecule has 21 heavy (non-hydrogen) atoms. The summed E-state index contributed by atoms with van der Waals surface area (Å²) < 4.78 is 1.60. The van der Waals surface area contributed by atoms with E-state index in [4.69, 9.17) is 0 Å². The van der Waals surface area contributed by atoms with Gasteiger partial charge in [-0.1, -0.05) is 17.8 Å². The maximum atomic E-state index is 12.0. The maximum Gasteiger partial charge on any atom is 0.254 e. The van der Waals surface area contributed by atoms with Gasteiger partial charge in [0.05, 0.1) is 18.3 Å². The van der Waals surface area contributed by atoms with Crippen molar-refractivity contribution in [2.75, 3.05) is 5.75 Å². The zero-order chi connectivity index (χ0) is 14.7. The molecular formula is C14H14N4O2S. The van der Waals surface area contributed by atoms with Crippen molar-refractivity contribution in [2.24, 2.45) is 0 Å². The molecule has 6 nitrogen and oxygen atoms in total. The van der Waals surface area contributed by atoms with Crippen LogP contribution in [-0.4, -0.2) is 26.2 Å². The molecule has 0 saturated heterocycles. The number of thioether (sulfide) groups is 1. The van der Waals surface area contributed by atoms with Gasteiger partial charge >= 0.3 is 0 Å². The van der Waals surface area contributed by atoms with E-state index in [-0.39, 0.29) is 23.9 Å². The highest BCUT2D eigenvalue weighted by Gasteiger charge is 2.26. The van der Waals surface area contributed by atoms with Crippen LogP contribution in [0.1, 0.15) is 18.2 Å². The fourth-order valence-corrected chi connectivity index (χ4v) is 3.34. The molecule has 0 radical (unpaired) electrons. The minimum absolute atomic E-state index is 0.0881. The molecule has 2 aromatic heterocycles. The first-order valence-electron chi connectivity index (χ1n) is 6.61. The Kier molecular flexibility index (Phi) is 4.01. The largest absolute Gasteiger partial charge is 0.350 e. The van der Waals surface area contributed by atoms with E-state index >= 15 is 0 Å². The molecule has 1 atom stereocenters. The Balaban J connectivity index is 1.61. The second kappa shape index (κ2) is 6.09. The Morgan fingerprint density at radius 2 is 2.24 bits per heavy atom. The fraction of sp³-hybridized carbons (Fsp3) is 0.286. The predicted octanol–water partition coefficient (Wildman–Crippen LogP) is 0.992. The van der Waals surface area contributed by atoms with Crippen molar-refractivity contribution >= 4 is 17.7 Å². The lowest BCUT2D eigenvalue weighted by Crippen LogP contribution is -2.30. The molecule has 1 N–H and O–H groups in total. The summed E-state index contributed by atoms with van der Waals surface area (Å²) in [6.07, 6.45) is 3.47. The molecule has 0 aromatic carbocycles. The number of carbonyl (C=O) groups is 1. The first-order valence-corrected chi connectivity index (χ1v) is 7.59. The Morgan fingerprint density at radius 1 is 1.33 bits per heavy atom. The van der Waals surface area contributed by atoms with Crippen molar-refractivity contribution in [3.05, 3.63) is 52.7 Å². The van der Waals surface area contributed by atoms with Gasteiger partial charge in [-0.05, 0) is 12.1 Å². The molecule has 3 heterocycles. The van der Waals surface area contributed by atoms with E-state index < -0.39 is 0 Å². The van der Waals surface area contributed by atoms with Gasteiger partial charge in [-0.2, -0.15) is 0 Å². The zero-order valence-corrected chi connectivity index (χ0v) is 12.0. The van der Waals surface area contributed by atoms with Gasteiger partial charge in [0.25, 0.3) is 5.56 Å². The van der Waals surface area contributed by atoms with Crippen LogP contribution >= 0.6 is 11.8 Å². The van der Waals surface area contributed by atoms with Crippen LogP contribution in [-0.2, 0) is 11.3 Å². The van der Waals surface area contributed by atoms with Crippen LogP contribution in [0, 0.1) is 0 Å². The van der Waals surface area contributed by atoms with E-state index in [2.05, 4.69) is 15.3 Å². The number of pyridine rings is 1. The Morgan fingerprint density at radius 3 is 3.05 bits per heavy atom. The molecular weight excluding hydrogens is 288 g/mol. The third kappa shape index (κ3) is 3.13. The van der Waals surface area contributed by atoms with Crippen molar-refractivity contribution in [2.45, 2.75) is 24.2 Å². The SMILES string of the molecule is O=C(CC1CSc2nccc(=O)n21)NCc1ccccn1. The van der Waals surface area contributed by atoms with Gasteiger partial charge in [-0.3, -0.25) is 19.1 Å². The van der Waals surface area contributed by atoms with E-state index in [1.165, 1.54) is 24.0 Å². The van der Waals surface area contributed by atoms with Gasteiger partial charge in [0.15, 0.2) is 5.16 Å². The van der Waals surface area contributed by atoms with Crippen LogP contribution in [0.5, 0.6) is 0 Å². The monoisotopic (exact) mass is 302 g/mol. The average molecular weight is 302 g/mol. The molecule has 1 aliphatic rings. The van der Waals surface area contributed by atoms with Gasteiger partial charge in [-0.15, -0.1) is 0 Å². The number of hydrogen-bond acceptors (Lipinski definition) is 5. The van der Waals surface area contributed by atoms with E-state index in [1.807, 2.05) is 18.2 Å². The summed E-state index contributed by atoms with van der Waals surface area (Å²) in [4.78, 5) is 32.2. The van der Waals surface area contributed by atoms with Crippen molar-refractivity contribution < 1.29 is 4.79 Å². The lowest BCUT2D eigenvalue weighted by atomic mass is 10.2. The predicted molar refractivity (Wildman–Crippen MR) is 79.0 cm³/mol. The number of fused-ring (bicyclic) bond motifs is 1. The highest BCUT2D eigenvalue weighted by atomic mass is 32.2. The Labute approximate surface area is 125 Å². The second-order valence-electron chi connectivity index (χ2n) is 4.70. The molecule has 1 amide bonds. The summed E-state index contributed by atoms with van der Waals surface area (Å²) in [6.45, 7) is 0.397. The molecule has 3 rings (SSSR count). The van der Waals surface area contributed by atoms with E-state index in [1.54, 1.807) is 10.8 Å². The van der Waals surface area contributed by atoms with Gasteiger partial charge in [0, 0.05) is 30.6 Å². The molecule has 2 aromatic rings. The number of amides is 1. The molecule has 0 saturated carbocycles. The van der Waals surface area contributed by atoms with Gasteiger partial charge in [0.1, 0.15) is 0 Å². The van der Waals surface area contributed by atoms with Gasteiger partial charge < -0.3 is 5.32 Å². The van der Waals surface area contributed by atoms with Crippen LogP contribution in [0.2, 0.25) is 0 Å². The summed E-state index contributed by atoms with van der Waals surface area (Å²) >= 11 is 1.51. The molecule has 0 spiro atoms. The number of aromatic nitrogens is 3. The first kappa shape index (κ1) is 13.8. The highest BCUT2D eigenvalue weighted by Crippen LogP contribution is 2.31. The summed E-state index contributed by atoms with van der Waals surface area (Å²) in [5.74, 6) is 0.610. The van der Waals surface area contributed by atoms with Crippen LogP contribution in [0.3, 0.4) is 0 Å². The number of rotatable bonds is 4. The van der Waals surface area contributed by atoms with Crippen LogP contribution in [0.4, 0.5) is 0 Å². The minimum Gasteiger partial charge on any atom is -0.350 e. The van der Waals surface area contributed by atoms with Crippen molar-refractivity contribution in [3.8, 4) is 0 Å². The summed E-state index contributed by atoms with van der Waals surface area (Å²) in [5.41, 5.74) is 0.707. The summed E-state index contributed by atoms with van der Waals surface area (Å²) in [7, 11) is 0. The van der Waals surface area contributed by atoms with Crippen LogP contribution < -0.4 is 10.9 Å². The molecule has 1 unspecified atom stereocenters. The number of nitrogens with one attached hydrogen (secondary N) is 1. The number of carbonyl (C=O) groups excluding carboxylic acids is 1. The second-order valence-corrected chi connectivity index (χ2v) is 5.69. The third-order valence-electron chi connectivity index (χ3n) is 3.23. The molecule has 108 valence electrons. The highest BCUT2D eigenvalue weighted by molar-refractivity contribution is 7.99. The molecule has 0 bridgehead atoms. The number of hydrogen-bond donors (Lipinski definition) is 1. The Bertz CT molecular complexity index is 702. The van der Waals surface area contributed by atoms with Crippen LogP contribution in [0.25, 0.3) is 0 Å². The van der Waals surface area contributed by atoms with Gasteiger partial charge in [-0.25, -0.2) is 4.98 Å². The standard InChI is InChI=1S/C14H14N4O2S/c19-12(17-8-10-3-1-2-5-15-10)7-11-9-21-14-16-6-4-13(20)18(11)14/h1-6,11H,7-9H2,(H,17,19). The van der Waals surface area contributed by atoms with Crippen molar-refractivity contribution in [1.82, 2.24) is 19.9 Å². The quantitative estimate of drug-likeness (QED) is 0.852. The number of nitrogens with zero attached hydrogens (tertiary/aromatic N) is 3. The minimum atomic E-state index is -0.130. The maximum absolute atomic E-state index is 12.0. The van der Waals surface area contributed by atoms with Crippen LogP contribution in [0.15, 0.2) is 46.6 Å². The average Bonchev–Trinajstić information content (AvgIpc) is 2.91. The van der Waals surface area contributed by atoms with Crippen molar-refractivity contribution in [3.63, 3.8) is 0 Å². The fourth-order valence-electron chi connectivity index (χ4n) is 2.22. The first-order chi connectivity index (χ1) is 10.2. The van der Waals surface area contributed by atoms with E-state index in [0.717, 1.165) is 5.69 Å². The zero-order valence-electron chi connectivity index (χ0n) is 11.2. The van der Waals surface area contributed by atoms with E-state index in [9.17, 15) is 9.59 Å². The van der Waals surface area contributed by atoms with E-state index in [0.29, 0.717) is 17.5 Å². The summed E-state index contributed by atoms with van der Waals surface area (Å²) in [5, 5.41) is 3.51. The van der Waals surface area contributed by atoms with Crippen molar-refractivity contribution in [1.29, 1.82) is 0 Å². The molecule has 0 aliphatic carbocycles. The molecule has 1 aliphatic heterocycles. The normalized spacial score (nSPS) is 16.5. The molecule has 0 fully saturated rings. The molecule has 7 heteroatoms. The smallest absolute Gasteiger partial charge is 0.254 e. The topological polar surface area (TPSA) is 76.9 Å². The lowest BCUT2D eigenvalue weighted by Gasteiger charge is -2.12. The Hall–Kier alpha value is -2.15.